The zero-order valence-electron chi connectivity index (χ0n) is 8.32. The number of nitrogens with zero attached hydrogens (tertiary/aromatic N) is 1. The van der Waals surface area contributed by atoms with Crippen LogP contribution in [0.4, 0.5) is 0 Å². The van der Waals surface area contributed by atoms with E-state index in [1.165, 1.54) is 0 Å². The summed E-state index contributed by atoms with van der Waals surface area (Å²) < 4.78 is 5.06. The molecule has 0 aromatic rings. The highest BCUT2D eigenvalue weighted by Gasteiger charge is 2.32. The molecule has 0 saturated carbocycles. The second-order valence-electron chi connectivity index (χ2n) is 3.44. The van der Waals surface area contributed by atoms with Gasteiger partial charge in [0.2, 0.25) is 5.91 Å². The van der Waals surface area contributed by atoms with Crippen LogP contribution in [0.1, 0.15) is 19.8 Å². The van der Waals surface area contributed by atoms with Crippen LogP contribution in [0.2, 0.25) is 0 Å². The Morgan fingerprint density at radius 1 is 1.77 bits per heavy atom. The van der Waals surface area contributed by atoms with Gasteiger partial charge in [0, 0.05) is 13.7 Å². The minimum Gasteiger partial charge on any atom is -0.383 e. The number of amides is 1. The third-order valence-corrected chi connectivity index (χ3v) is 2.55. The number of nitrogens with two attached hydrogens (primary N) is 1. The first-order chi connectivity index (χ1) is 6.20. The standard InChI is InChI=1S/C9H18N2O2/c1-3-7(6-13-2)11-5-4-8(10)9(11)12/h7-8H,3-6,10H2,1-2H3. The van der Waals surface area contributed by atoms with Crippen molar-refractivity contribution in [3.8, 4) is 0 Å². The van der Waals surface area contributed by atoms with E-state index in [1.54, 1.807) is 7.11 Å². The lowest BCUT2D eigenvalue weighted by atomic mass is 10.2. The smallest absolute Gasteiger partial charge is 0.239 e. The van der Waals surface area contributed by atoms with Crippen LogP contribution in [0.25, 0.3) is 0 Å². The Morgan fingerprint density at radius 2 is 2.46 bits per heavy atom. The lowest BCUT2D eigenvalue weighted by Gasteiger charge is -2.26. The van der Waals surface area contributed by atoms with Gasteiger partial charge in [-0.3, -0.25) is 4.79 Å². The van der Waals surface area contributed by atoms with E-state index in [-0.39, 0.29) is 18.0 Å². The summed E-state index contributed by atoms with van der Waals surface area (Å²) >= 11 is 0. The Hall–Kier alpha value is -0.610. The number of hydrogen-bond donors (Lipinski definition) is 1. The molecule has 0 aliphatic carbocycles. The molecule has 0 aromatic heterocycles. The van der Waals surface area contributed by atoms with Gasteiger partial charge < -0.3 is 15.4 Å². The molecular formula is C9H18N2O2. The minimum absolute atomic E-state index is 0.0731. The van der Waals surface area contributed by atoms with Gasteiger partial charge in [0.15, 0.2) is 0 Å². The molecule has 1 saturated heterocycles. The number of ether oxygens (including phenoxy) is 1. The van der Waals surface area contributed by atoms with Crippen LogP contribution >= 0.6 is 0 Å². The van der Waals surface area contributed by atoms with Gasteiger partial charge in [0.05, 0.1) is 18.7 Å². The minimum atomic E-state index is -0.286. The van der Waals surface area contributed by atoms with E-state index < -0.39 is 0 Å². The van der Waals surface area contributed by atoms with E-state index in [0.717, 1.165) is 19.4 Å². The SMILES string of the molecule is CCC(COC)N1CCC(N)C1=O. The summed E-state index contributed by atoms with van der Waals surface area (Å²) in [6.45, 7) is 3.44. The first kappa shape index (κ1) is 10.5. The predicted molar refractivity (Wildman–Crippen MR) is 50.3 cm³/mol. The number of rotatable bonds is 4. The summed E-state index contributed by atoms with van der Waals surface area (Å²) in [7, 11) is 1.66. The first-order valence-corrected chi connectivity index (χ1v) is 4.75. The summed E-state index contributed by atoms with van der Waals surface area (Å²) in [5.41, 5.74) is 5.63. The van der Waals surface area contributed by atoms with Crippen molar-refractivity contribution in [3.63, 3.8) is 0 Å². The van der Waals surface area contributed by atoms with Crippen LogP contribution in [0, 0.1) is 0 Å². The summed E-state index contributed by atoms with van der Waals surface area (Å²) in [6, 6.07) is -0.0862. The number of carbonyl (C=O) groups excluding carboxylic acids is 1. The van der Waals surface area contributed by atoms with Gasteiger partial charge in [-0.25, -0.2) is 0 Å². The maximum Gasteiger partial charge on any atom is 0.239 e. The second kappa shape index (κ2) is 4.58. The van der Waals surface area contributed by atoms with Gasteiger partial charge in [-0.05, 0) is 12.8 Å². The molecule has 0 radical (unpaired) electrons. The monoisotopic (exact) mass is 186 g/mol. The summed E-state index contributed by atoms with van der Waals surface area (Å²) in [6.07, 6.45) is 1.70. The third kappa shape index (κ3) is 2.19. The van der Waals surface area contributed by atoms with Gasteiger partial charge >= 0.3 is 0 Å². The van der Waals surface area contributed by atoms with Crippen LogP contribution in [0.15, 0.2) is 0 Å². The molecule has 1 amide bonds. The Bertz CT molecular complexity index is 184. The topological polar surface area (TPSA) is 55.6 Å². The first-order valence-electron chi connectivity index (χ1n) is 4.75. The van der Waals surface area contributed by atoms with Crippen molar-refractivity contribution in [2.75, 3.05) is 20.3 Å². The highest BCUT2D eigenvalue weighted by molar-refractivity contribution is 5.84. The van der Waals surface area contributed by atoms with E-state index in [0.29, 0.717) is 6.61 Å². The molecule has 0 spiro atoms. The average Bonchev–Trinajstić information content (AvgIpc) is 2.45. The molecule has 1 aliphatic heterocycles. The van der Waals surface area contributed by atoms with Gasteiger partial charge in [-0.2, -0.15) is 0 Å². The maximum atomic E-state index is 11.5. The van der Waals surface area contributed by atoms with Crippen molar-refractivity contribution in [1.82, 2.24) is 4.90 Å². The van der Waals surface area contributed by atoms with Crippen molar-refractivity contribution in [3.05, 3.63) is 0 Å². The van der Waals surface area contributed by atoms with Crippen molar-refractivity contribution >= 4 is 5.91 Å². The van der Waals surface area contributed by atoms with Crippen molar-refractivity contribution in [2.24, 2.45) is 5.73 Å². The van der Waals surface area contributed by atoms with E-state index >= 15 is 0 Å². The highest BCUT2D eigenvalue weighted by atomic mass is 16.5. The molecule has 0 aromatic carbocycles. The summed E-state index contributed by atoms with van der Waals surface area (Å²) in [5.74, 6) is 0.0731. The van der Waals surface area contributed by atoms with E-state index in [1.807, 2.05) is 4.90 Å². The molecule has 4 nitrogen and oxygen atoms in total. The molecule has 1 fully saturated rings. The van der Waals surface area contributed by atoms with Crippen LogP contribution in [-0.2, 0) is 9.53 Å². The quantitative estimate of drug-likeness (QED) is 0.671. The highest BCUT2D eigenvalue weighted by Crippen LogP contribution is 2.15. The molecule has 2 N–H and O–H groups in total. The Labute approximate surface area is 79.0 Å². The maximum absolute atomic E-state index is 11.5. The Kier molecular flexibility index (Phi) is 3.69. The average molecular weight is 186 g/mol. The Balaban J connectivity index is 2.54. The molecule has 1 rings (SSSR count). The van der Waals surface area contributed by atoms with Crippen LogP contribution < -0.4 is 5.73 Å². The van der Waals surface area contributed by atoms with Crippen molar-refractivity contribution in [2.45, 2.75) is 31.8 Å². The van der Waals surface area contributed by atoms with Gasteiger partial charge in [-0.1, -0.05) is 6.92 Å². The van der Waals surface area contributed by atoms with Crippen molar-refractivity contribution in [1.29, 1.82) is 0 Å². The molecule has 2 atom stereocenters. The number of carbonyl (C=O) groups is 1. The number of hydrogen-bond acceptors (Lipinski definition) is 3. The zero-order valence-corrected chi connectivity index (χ0v) is 8.32. The molecule has 2 unspecified atom stereocenters. The second-order valence-corrected chi connectivity index (χ2v) is 3.44. The largest absolute Gasteiger partial charge is 0.383 e. The van der Waals surface area contributed by atoms with Gasteiger partial charge in [-0.15, -0.1) is 0 Å². The fourth-order valence-corrected chi connectivity index (χ4v) is 1.71. The van der Waals surface area contributed by atoms with E-state index in [2.05, 4.69) is 6.92 Å². The Morgan fingerprint density at radius 3 is 2.85 bits per heavy atom. The lowest BCUT2D eigenvalue weighted by molar-refractivity contribution is -0.131. The number of methoxy groups -OCH3 is 1. The fraction of sp³-hybridized carbons (Fsp3) is 0.889. The molecule has 76 valence electrons. The van der Waals surface area contributed by atoms with Gasteiger partial charge in [0.1, 0.15) is 0 Å². The lowest BCUT2D eigenvalue weighted by Crippen LogP contribution is -2.42. The normalized spacial score (nSPS) is 25.3. The number of likely N-dealkylation sites (tertiary alicyclic amines) is 1. The van der Waals surface area contributed by atoms with Crippen LogP contribution in [0.5, 0.6) is 0 Å². The van der Waals surface area contributed by atoms with Crippen LogP contribution in [-0.4, -0.2) is 43.2 Å². The molecule has 1 heterocycles. The summed E-state index contributed by atoms with van der Waals surface area (Å²) in [5, 5.41) is 0. The molecule has 13 heavy (non-hydrogen) atoms. The molecule has 0 bridgehead atoms. The molecule has 4 heteroatoms. The van der Waals surface area contributed by atoms with E-state index in [4.69, 9.17) is 10.5 Å². The summed E-state index contributed by atoms with van der Waals surface area (Å²) in [4.78, 5) is 13.4. The fourth-order valence-electron chi connectivity index (χ4n) is 1.71. The van der Waals surface area contributed by atoms with Crippen molar-refractivity contribution < 1.29 is 9.53 Å². The van der Waals surface area contributed by atoms with E-state index in [9.17, 15) is 4.79 Å². The third-order valence-electron chi connectivity index (χ3n) is 2.55. The van der Waals surface area contributed by atoms with Crippen LogP contribution in [0.3, 0.4) is 0 Å². The predicted octanol–water partition coefficient (Wildman–Crippen LogP) is -0.0290. The zero-order chi connectivity index (χ0) is 9.84. The molecule has 1 aliphatic rings. The van der Waals surface area contributed by atoms with Gasteiger partial charge in [0.25, 0.3) is 0 Å². The molecular weight excluding hydrogens is 168 g/mol.